The first-order valence-electron chi connectivity index (χ1n) is 11.0. The van der Waals surface area contributed by atoms with Gasteiger partial charge in [0.2, 0.25) is 5.91 Å². The molecule has 10 heteroatoms. The molecule has 0 fully saturated rings. The Balaban J connectivity index is 1.26. The summed E-state index contributed by atoms with van der Waals surface area (Å²) in [6.07, 6.45) is 1.73. The number of amides is 2. The zero-order valence-electron chi connectivity index (χ0n) is 18.8. The van der Waals surface area contributed by atoms with Crippen LogP contribution in [0.5, 0.6) is 0 Å². The van der Waals surface area contributed by atoms with Gasteiger partial charge < -0.3 is 10.1 Å². The molecule has 3 aromatic rings. The molecule has 35 heavy (non-hydrogen) atoms. The number of nitriles is 1. The standard InChI is InChI=1S/C25H22N6O4/c26-15-19-16-27-31(20-9-5-2-6-10-20)25(19)28-22(32)17-35-24(34)12-11-23(33)30-14-13-21(29-30)18-7-3-1-4-8-18/h1-10,16H,11-14,17H2,(H,28,32). The highest BCUT2D eigenvalue weighted by Crippen LogP contribution is 2.19. The number of esters is 1. The molecule has 176 valence electrons. The molecule has 2 amide bonds. The molecule has 1 N–H and O–H groups in total. The first-order valence-corrected chi connectivity index (χ1v) is 11.0. The SMILES string of the molecule is N#Cc1cnn(-c2ccccc2)c1NC(=O)COC(=O)CCC(=O)N1CCC(c2ccccc2)=N1. The maximum absolute atomic E-state index is 12.4. The van der Waals surface area contributed by atoms with Crippen molar-refractivity contribution in [1.82, 2.24) is 14.8 Å². The minimum absolute atomic E-state index is 0.0780. The minimum atomic E-state index is -0.683. The molecule has 0 bridgehead atoms. The van der Waals surface area contributed by atoms with E-state index < -0.39 is 18.5 Å². The number of hydrogen-bond acceptors (Lipinski definition) is 7. The third kappa shape index (κ3) is 5.78. The van der Waals surface area contributed by atoms with Crippen LogP contribution >= 0.6 is 0 Å². The lowest BCUT2D eigenvalue weighted by Gasteiger charge is -2.11. The van der Waals surface area contributed by atoms with Crippen LogP contribution in [0.4, 0.5) is 5.82 Å². The van der Waals surface area contributed by atoms with E-state index in [1.807, 2.05) is 42.5 Å². The smallest absolute Gasteiger partial charge is 0.306 e. The number of benzene rings is 2. The Morgan fingerprint density at radius 2 is 1.74 bits per heavy atom. The molecule has 0 unspecified atom stereocenters. The lowest BCUT2D eigenvalue weighted by Crippen LogP contribution is -2.25. The molecular weight excluding hydrogens is 448 g/mol. The van der Waals surface area contributed by atoms with Gasteiger partial charge in [0.15, 0.2) is 12.4 Å². The monoisotopic (exact) mass is 470 g/mol. The van der Waals surface area contributed by atoms with E-state index in [4.69, 9.17) is 4.74 Å². The number of hydrogen-bond donors (Lipinski definition) is 1. The molecule has 10 nitrogen and oxygen atoms in total. The van der Waals surface area contributed by atoms with Crippen molar-refractivity contribution in [2.24, 2.45) is 5.10 Å². The molecule has 1 aliphatic heterocycles. The molecule has 0 saturated heterocycles. The predicted molar refractivity (Wildman–Crippen MR) is 126 cm³/mol. The average molecular weight is 470 g/mol. The summed E-state index contributed by atoms with van der Waals surface area (Å²) >= 11 is 0. The fourth-order valence-electron chi connectivity index (χ4n) is 3.51. The molecule has 4 rings (SSSR count). The van der Waals surface area contributed by atoms with Gasteiger partial charge in [-0.2, -0.15) is 15.5 Å². The lowest BCUT2D eigenvalue weighted by atomic mass is 10.1. The Labute approximate surface area is 201 Å². The number of anilines is 1. The fraction of sp³-hybridized carbons (Fsp3) is 0.200. The highest BCUT2D eigenvalue weighted by atomic mass is 16.5. The van der Waals surface area contributed by atoms with Crippen LogP contribution < -0.4 is 5.32 Å². The summed E-state index contributed by atoms with van der Waals surface area (Å²) in [6.45, 7) is -0.102. The van der Waals surface area contributed by atoms with Gasteiger partial charge in [-0.25, -0.2) is 9.69 Å². The van der Waals surface area contributed by atoms with Gasteiger partial charge in [-0.15, -0.1) is 0 Å². The van der Waals surface area contributed by atoms with E-state index in [1.165, 1.54) is 15.9 Å². The van der Waals surface area contributed by atoms with Gasteiger partial charge in [0, 0.05) is 12.8 Å². The molecule has 2 heterocycles. The summed E-state index contributed by atoms with van der Waals surface area (Å²) in [7, 11) is 0. The van der Waals surface area contributed by atoms with E-state index in [9.17, 15) is 19.6 Å². The second-order valence-corrected chi connectivity index (χ2v) is 7.65. The zero-order chi connectivity index (χ0) is 24.6. The second kappa shape index (κ2) is 10.9. The van der Waals surface area contributed by atoms with Crippen LogP contribution in [-0.2, 0) is 19.1 Å². The van der Waals surface area contributed by atoms with Crippen molar-refractivity contribution in [2.75, 3.05) is 18.5 Å². The maximum atomic E-state index is 12.4. The summed E-state index contributed by atoms with van der Waals surface area (Å²) < 4.78 is 6.42. The van der Waals surface area contributed by atoms with Crippen LogP contribution in [0.25, 0.3) is 5.69 Å². The second-order valence-electron chi connectivity index (χ2n) is 7.65. The molecule has 0 saturated carbocycles. The van der Waals surface area contributed by atoms with Gasteiger partial charge in [0.1, 0.15) is 11.6 Å². The van der Waals surface area contributed by atoms with Crippen LogP contribution in [-0.4, -0.2) is 51.4 Å². The van der Waals surface area contributed by atoms with Crippen molar-refractivity contribution in [1.29, 1.82) is 5.26 Å². The largest absolute Gasteiger partial charge is 0.456 e. The summed E-state index contributed by atoms with van der Waals surface area (Å²) in [5.74, 6) is -1.42. The van der Waals surface area contributed by atoms with E-state index in [0.717, 1.165) is 11.3 Å². The lowest BCUT2D eigenvalue weighted by molar-refractivity contribution is -0.148. The highest BCUT2D eigenvalue weighted by molar-refractivity contribution is 6.02. The zero-order valence-corrected chi connectivity index (χ0v) is 18.8. The quantitative estimate of drug-likeness (QED) is 0.504. The molecule has 0 radical (unpaired) electrons. The van der Waals surface area contributed by atoms with Crippen molar-refractivity contribution in [2.45, 2.75) is 19.3 Å². The van der Waals surface area contributed by atoms with Crippen LogP contribution in [0, 0.1) is 11.3 Å². The molecule has 2 aromatic carbocycles. The molecule has 0 atom stereocenters. The third-order valence-electron chi connectivity index (χ3n) is 5.25. The van der Waals surface area contributed by atoms with Crippen molar-refractivity contribution >= 4 is 29.3 Å². The first kappa shape index (κ1) is 23.4. The van der Waals surface area contributed by atoms with E-state index in [1.54, 1.807) is 24.3 Å². The number of aromatic nitrogens is 2. The van der Waals surface area contributed by atoms with Crippen molar-refractivity contribution in [3.63, 3.8) is 0 Å². The first-order chi connectivity index (χ1) is 17.0. The van der Waals surface area contributed by atoms with Gasteiger partial charge in [-0.1, -0.05) is 48.5 Å². The van der Waals surface area contributed by atoms with E-state index in [-0.39, 0.29) is 30.1 Å². The number of ether oxygens (including phenoxy) is 1. The van der Waals surface area contributed by atoms with Gasteiger partial charge in [-0.05, 0) is 17.7 Å². The average Bonchev–Trinajstić information content (AvgIpc) is 3.55. The summed E-state index contributed by atoms with van der Waals surface area (Å²) in [4.78, 5) is 36.9. The molecular formula is C25H22N6O4. The van der Waals surface area contributed by atoms with Crippen LogP contribution in [0.15, 0.2) is 72.0 Å². The molecule has 1 aromatic heterocycles. The highest BCUT2D eigenvalue weighted by Gasteiger charge is 2.22. The Kier molecular flexibility index (Phi) is 7.28. The minimum Gasteiger partial charge on any atom is -0.456 e. The number of nitrogens with one attached hydrogen (secondary N) is 1. The maximum Gasteiger partial charge on any atom is 0.306 e. The Morgan fingerprint density at radius 3 is 2.46 bits per heavy atom. The summed E-state index contributed by atoms with van der Waals surface area (Å²) in [6, 6.07) is 20.5. The summed E-state index contributed by atoms with van der Waals surface area (Å²) in [5.41, 5.74) is 2.60. The van der Waals surface area contributed by atoms with Gasteiger partial charge >= 0.3 is 5.97 Å². The predicted octanol–water partition coefficient (Wildman–Crippen LogP) is 2.64. The molecule has 0 aliphatic carbocycles. The normalized spacial score (nSPS) is 12.5. The van der Waals surface area contributed by atoms with E-state index >= 15 is 0 Å². The van der Waals surface area contributed by atoms with Crippen LogP contribution in [0.1, 0.15) is 30.4 Å². The summed E-state index contributed by atoms with van der Waals surface area (Å²) in [5, 5.41) is 21.7. The van der Waals surface area contributed by atoms with Crippen molar-refractivity contribution in [3.05, 3.63) is 78.0 Å². The number of hydrazone groups is 1. The number of carbonyl (C=O) groups excluding carboxylic acids is 3. The van der Waals surface area contributed by atoms with E-state index in [2.05, 4.69) is 15.5 Å². The Bertz CT molecular complexity index is 1290. The topological polar surface area (TPSA) is 130 Å². The van der Waals surface area contributed by atoms with Crippen molar-refractivity contribution in [3.8, 4) is 11.8 Å². The fourth-order valence-corrected chi connectivity index (χ4v) is 3.51. The number of nitrogens with zero attached hydrogens (tertiary/aromatic N) is 5. The Morgan fingerprint density at radius 1 is 1.03 bits per heavy atom. The number of para-hydroxylation sites is 1. The Hall–Kier alpha value is -4.78. The van der Waals surface area contributed by atoms with Gasteiger partial charge in [0.25, 0.3) is 5.91 Å². The van der Waals surface area contributed by atoms with Gasteiger partial charge in [-0.3, -0.25) is 14.4 Å². The number of carbonyl (C=O) groups is 3. The molecule has 0 spiro atoms. The number of rotatable bonds is 8. The van der Waals surface area contributed by atoms with Gasteiger partial charge in [0.05, 0.1) is 30.6 Å². The third-order valence-corrected chi connectivity index (χ3v) is 5.25. The van der Waals surface area contributed by atoms with Crippen LogP contribution in [0.2, 0.25) is 0 Å². The van der Waals surface area contributed by atoms with E-state index in [0.29, 0.717) is 18.7 Å². The molecule has 1 aliphatic rings. The van der Waals surface area contributed by atoms with Crippen LogP contribution in [0.3, 0.4) is 0 Å². The van der Waals surface area contributed by atoms with Crippen molar-refractivity contribution < 1.29 is 19.1 Å².